The van der Waals surface area contributed by atoms with Crippen molar-refractivity contribution in [1.29, 1.82) is 5.41 Å². The van der Waals surface area contributed by atoms with E-state index in [-0.39, 0.29) is 5.84 Å². The predicted molar refractivity (Wildman–Crippen MR) is 83.0 cm³/mol. The smallest absolute Gasteiger partial charge is 0.125 e. The first-order chi connectivity index (χ1) is 8.97. The lowest BCUT2D eigenvalue weighted by Crippen LogP contribution is -2.15. The van der Waals surface area contributed by atoms with Crippen LogP contribution in [0.1, 0.15) is 17.0 Å². The third-order valence-corrected chi connectivity index (χ3v) is 4.18. The number of rotatable bonds is 3. The van der Waals surface area contributed by atoms with Gasteiger partial charge < -0.3 is 5.73 Å². The Balaban J connectivity index is 2.44. The maximum Gasteiger partial charge on any atom is 0.125 e. The summed E-state index contributed by atoms with van der Waals surface area (Å²) in [7, 11) is 0. The summed E-state index contributed by atoms with van der Waals surface area (Å²) in [5, 5.41) is 7.70. The number of aryl methyl sites for hydroxylation is 2. The van der Waals surface area contributed by atoms with E-state index in [0.717, 1.165) is 31.2 Å². The summed E-state index contributed by atoms with van der Waals surface area (Å²) in [6, 6.07) is 10.0. The molecule has 0 fully saturated rings. The molecule has 5 heteroatoms. The fourth-order valence-electron chi connectivity index (χ4n) is 1.83. The van der Waals surface area contributed by atoms with Gasteiger partial charge in [0.25, 0.3) is 0 Å². The summed E-state index contributed by atoms with van der Waals surface area (Å²) in [5.41, 5.74) is 8.12. The molecule has 0 unspecified atom stereocenters. The predicted octanol–water partition coefficient (Wildman–Crippen LogP) is 3.90. The molecule has 0 aliphatic heterocycles. The van der Waals surface area contributed by atoms with E-state index < -0.39 is 0 Å². The normalized spacial score (nSPS) is 10.5. The fraction of sp³-hybridized carbons (Fsp3) is 0.143. The Labute approximate surface area is 125 Å². The first kappa shape index (κ1) is 14.1. The molecule has 0 amide bonds. The average Bonchev–Trinajstić information content (AvgIpc) is 2.30. The third kappa shape index (κ3) is 3.36. The van der Waals surface area contributed by atoms with Crippen molar-refractivity contribution in [1.82, 2.24) is 4.98 Å². The Morgan fingerprint density at radius 1 is 1.26 bits per heavy atom. The number of hydrogen-bond donors (Lipinski definition) is 2. The van der Waals surface area contributed by atoms with Crippen molar-refractivity contribution < 1.29 is 0 Å². The minimum Gasteiger partial charge on any atom is -0.384 e. The Kier molecular flexibility index (Phi) is 4.27. The summed E-state index contributed by atoms with van der Waals surface area (Å²) >= 11 is 5.02. The van der Waals surface area contributed by atoms with Crippen molar-refractivity contribution in [2.75, 3.05) is 0 Å². The van der Waals surface area contributed by atoms with Gasteiger partial charge in [-0.05, 0) is 44.2 Å². The molecule has 19 heavy (non-hydrogen) atoms. The second-order valence-corrected chi connectivity index (χ2v) is 6.22. The molecule has 2 aromatic rings. The topological polar surface area (TPSA) is 62.8 Å². The van der Waals surface area contributed by atoms with Gasteiger partial charge in [0, 0.05) is 25.7 Å². The van der Waals surface area contributed by atoms with Crippen LogP contribution in [0.3, 0.4) is 0 Å². The van der Waals surface area contributed by atoms with Gasteiger partial charge in [0.15, 0.2) is 0 Å². The molecule has 0 spiro atoms. The van der Waals surface area contributed by atoms with Gasteiger partial charge in [-0.3, -0.25) is 10.4 Å². The van der Waals surface area contributed by atoms with Crippen LogP contribution in [0.4, 0.5) is 0 Å². The van der Waals surface area contributed by atoms with E-state index in [1.54, 1.807) is 11.8 Å². The van der Waals surface area contributed by atoms with Gasteiger partial charge in [-0.2, -0.15) is 0 Å². The van der Waals surface area contributed by atoms with E-state index in [4.69, 9.17) is 11.1 Å². The highest BCUT2D eigenvalue weighted by Crippen LogP contribution is 2.32. The largest absolute Gasteiger partial charge is 0.384 e. The van der Waals surface area contributed by atoms with E-state index in [1.165, 1.54) is 0 Å². The zero-order valence-electron chi connectivity index (χ0n) is 10.7. The summed E-state index contributed by atoms with van der Waals surface area (Å²) in [6.45, 7) is 3.83. The summed E-state index contributed by atoms with van der Waals surface area (Å²) in [6.07, 6.45) is 0. The van der Waals surface area contributed by atoms with Crippen molar-refractivity contribution >= 4 is 33.5 Å². The van der Waals surface area contributed by atoms with Gasteiger partial charge in [0.1, 0.15) is 5.84 Å². The highest BCUT2D eigenvalue weighted by atomic mass is 79.9. The van der Waals surface area contributed by atoms with Crippen LogP contribution in [-0.4, -0.2) is 10.8 Å². The Hall–Kier alpha value is -1.33. The second-order valence-electron chi connectivity index (χ2n) is 4.19. The van der Waals surface area contributed by atoms with E-state index in [0.29, 0.717) is 0 Å². The van der Waals surface area contributed by atoms with Crippen LogP contribution >= 0.6 is 27.7 Å². The molecular weight excluding hydrogens is 322 g/mol. The first-order valence-corrected chi connectivity index (χ1v) is 7.34. The molecule has 1 aromatic carbocycles. The quantitative estimate of drug-likeness (QED) is 0.660. The number of halogens is 1. The van der Waals surface area contributed by atoms with Gasteiger partial charge in [-0.1, -0.05) is 27.7 Å². The number of hydrogen-bond acceptors (Lipinski definition) is 3. The molecule has 0 saturated carbocycles. The van der Waals surface area contributed by atoms with E-state index in [2.05, 4.69) is 20.9 Å². The standard InChI is InChI=1S/C14H14BrN3S/c1-8-7-12(13(14(16)17)9(2)18-8)19-11-5-3-10(15)4-6-11/h3-7H,1-2H3,(H3,16,17). The van der Waals surface area contributed by atoms with Crippen LogP contribution in [0.2, 0.25) is 0 Å². The molecule has 1 heterocycles. The van der Waals surface area contributed by atoms with E-state index in [9.17, 15) is 0 Å². The average molecular weight is 336 g/mol. The van der Waals surface area contributed by atoms with Crippen LogP contribution in [-0.2, 0) is 0 Å². The third-order valence-electron chi connectivity index (χ3n) is 2.60. The van der Waals surface area contributed by atoms with Crippen LogP contribution in [0.5, 0.6) is 0 Å². The number of nitrogen functional groups attached to an aromatic ring is 1. The minimum atomic E-state index is 0.0598. The number of nitrogens with two attached hydrogens (primary N) is 1. The molecule has 0 bridgehead atoms. The monoisotopic (exact) mass is 335 g/mol. The SMILES string of the molecule is Cc1cc(Sc2ccc(Br)cc2)c(C(=N)N)c(C)n1. The van der Waals surface area contributed by atoms with Gasteiger partial charge in [-0.25, -0.2) is 0 Å². The van der Waals surface area contributed by atoms with Crippen LogP contribution in [0.15, 0.2) is 44.6 Å². The van der Waals surface area contributed by atoms with Crippen molar-refractivity contribution in [2.24, 2.45) is 5.73 Å². The molecule has 0 aliphatic carbocycles. The molecule has 3 N–H and O–H groups in total. The fourth-order valence-corrected chi connectivity index (χ4v) is 3.21. The van der Waals surface area contributed by atoms with Crippen LogP contribution < -0.4 is 5.73 Å². The molecule has 0 aliphatic rings. The van der Waals surface area contributed by atoms with Crippen molar-refractivity contribution in [3.8, 4) is 0 Å². The zero-order valence-corrected chi connectivity index (χ0v) is 13.1. The molecule has 2 rings (SSSR count). The molecule has 3 nitrogen and oxygen atoms in total. The van der Waals surface area contributed by atoms with Gasteiger partial charge in [-0.15, -0.1) is 0 Å². The molecule has 0 saturated heterocycles. The van der Waals surface area contributed by atoms with Gasteiger partial charge in [0.05, 0.1) is 5.56 Å². The van der Waals surface area contributed by atoms with Crippen molar-refractivity contribution in [3.63, 3.8) is 0 Å². The highest BCUT2D eigenvalue weighted by Gasteiger charge is 2.12. The number of nitrogens with zero attached hydrogens (tertiary/aromatic N) is 1. The molecule has 0 atom stereocenters. The summed E-state index contributed by atoms with van der Waals surface area (Å²) < 4.78 is 1.05. The van der Waals surface area contributed by atoms with Crippen molar-refractivity contribution in [2.45, 2.75) is 23.6 Å². The lowest BCUT2D eigenvalue weighted by Gasteiger charge is -2.11. The van der Waals surface area contributed by atoms with Crippen molar-refractivity contribution in [3.05, 3.63) is 51.8 Å². The first-order valence-electron chi connectivity index (χ1n) is 5.73. The lowest BCUT2D eigenvalue weighted by atomic mass is 10.1. The maximum atomic E-state index is 7.70. The molecular formula is C14H14BrN3S. The number of amidine groups is 1. The Morgan fingerprint density at radius 2 is 1.89 bits per heavy atom. The highest BCUT2D eigenvalue weighted by molar-refractivity contribution is 9.10. The second kappa shape index (κ2) is 5.75. The number of nitrogens with one attached hydrogen (secondary N) is 1. The molecule has 1 aromatic heterocycles. The van der Waals surface area contributed by atoms with E-state index in [1.807, 2.05) is 44.2 Å². The zero-order chi connectivity index (χ0) is 14.0. The minimum absolute atomic E-state index is 0.0598. The van der Waals surface area contributed by atoms with Crippen LogP contribution in [0.25, 0.3) is 0 Å². The van der Waals surface area contributed by atoms with Crippen LogP contribution in [0, 0.1) is 19.3 Å². The van der Waals surface area contributed by atoms with Gasteiger partial charge in [0.2, 0.25) is 0 Å². The number of aromatic nitrogens is 1. The molecule has 98 valence electrons. The lowest BCUT2D eigenvalue weighted by molar-refractivity contribution is 1.07. The molecule has 0 radical (unpaired) electrons. The Morgan fingerprint density at radius 3 is 2.47 bits per heavy atom. The van der Waals surface area contributed by atoms with Gasteiger partial charge >= 0.3 is 0 Å². The summed E-state index contributed by atoms with van der Waals surface area (Å²) in [4.78, 5) is 6.45. The summed E-state index contributed by atoms with van der Waals surface area (Å²) in [5.74, 6) is 0.0598. The Bertz CT molecular complexity index is 623. The maximum absolute atomic E-state index is 7.70. The van der Waals surface area contributed by atoms with E-state index >= 15 is 0 Å². The number of benzene rings is 1. The number of pyridine rings is 1.